The van der Waals surface area contributed by atoms with Crippen LogP contribution in [0.4, 0.5) is 0 Å². The van der Waals surface area contributed by atoms with Crippen LogP contribution in [0.1, 0.15) is 37.4 Å². The van der Waals surface area contributed by atoms with Crippen LogP contribution in [0.25, 0.3) is 0 Å². The van der Waals surface area contributed by atoms with Crippen molar-refractivity contribution in [3.8, 4) is 11.5 Å². The third-order valence-electron chi connectivity index (χ3n) is 4.88. The first-order valence-electron chi connectivity index (χ1n) is 7.48. The zero-order chi connectivity index (χ0) is 13.7. The molecule has 1 aliphatic carbocycles. The molecular weight excluding hydrogens is 254 g/mol. The minimum atomic E-state index is -0.427. The lowest BCUT2D eigenvalue weighted by molar-refractivity contribution is -0.00778. The Morgan fingerprint density at radius 1 is 1.40 bits per heavy atom. The summed E-state index contributed by atoms with van der Waals surface area (Å²) in [6, 6.07) is 6.47. The van der Waals surface area contributed by atoms with E-state index in [4.69, 9.17) is 9.47 Å². The number of hydrogen-bond donors (Lipinski definition) is 1. The number of hydrogen-bond acceptors (Lipinski definition) is 4. The zero-order valence-electron chi connectivity index (χ0n) is 11.8. The van der Waals surface area contributed by atoms with Gasteiger partial charge in [-0.1, -0.05) is 0 Å². The fourth-order valence-corrected chi connectivity index (χ4v) is 3.62. The molecule has 3 aliphatic rings. The number of fused-ring (bicyclic) bond motifs is 1. The van der Waals surface area contributed by atoms with Gasteiger partial charge in [0.05, 0.1) is 13.2 Å². The summed E-state index contributed by atoms with van der Waals surface area (Å²) in [4.78, 5) is 2.53. The summed E-state index contributed by atoms with van der Waals surface area (Å²) >= 11 is 0. The van der Waals surface area contributed by atoms with Crippen LogP contribution in [0, 0.1) is 0 Å². The predicted octanol–water partition coefficient (Wildman–Crippen LogP) is 2.12. The minimum absolute atomic E-state index is 0.207. The monoisotopic (exact) mass is 275 g/mol. The van der Waals surface area contributed by atoms with Crippen molar-refractivity contribution in [1.29, 1.82) is 0 Å². The second-order valence-electron chi connectivity index (χ2n) is 6.36. The van der Waals surface area contributed by atoms with Gasteiger partial charge in [-0.25, -0.2) is 0 Å². The molecule has 4 nitrogen and oxygen atoms in total. The smallest absolute Gasteiger partial charge is 0.129 e. The molecule has 0 amide bonds. The Bertz CT molecular complexity index is 528. The Kier molecular flexibility index (Phi) is 2.72. The summed E-state index contributed by atoms with van der Waals surface area (Å²) < 4.78 is 11.6. The molecule has 4 rings (SSSR count). The Hall–Kier alpha value is -1.26. The SMILES string of the molecule is COc1ccc2c(c1)OC1(CCN(C3CC3)C1)C[C@H]2O. The van der Waals surface area contributed by atoms with Crippen molar-refractivity contribution in [1.82, 2.24) is 4.90 Å². The van der Waals surface area contributed by atoms with E-state index in [0.717, 1.165) is 42.6 Å². The lowest BCUT2D eigenvalue weighted by Crippen LogP contribution is -2.44. The summed E-state index contributed by atoms with van der Waals surface area (Å²) in [5.74, 6) is 1.57. The van der Waals surface area contributed by atoms with Gasteiger partial charge in [-0.05, 0) is 25.0 Å². The lowest BCUT2D eigenvalue weighted by Gasteiger charge is -2.38. The van der Waals surface area contributed by atoms with Crippen LogP contribution in [0.3, 0.4) is 0 Å². The van der Waals surface area contributed by atoms with E-state index in [2.05, 4.69) is 4.90 Å². The van der Waals surface area contributed by atoms with Gasteiger partial charge in [0, 0.05) is 43.6 Å². The highest BCUT2D eigenvalue weighted by molar-refractivity contribution is 5.44. The summed E-state index contributed by atoms with van der Waals surface area (Å²) in [5.41, 5.74) is 0.683. The zero-order valence-corrected chi connectivity index (χ0v) is 11.8. The number of ether oxygens (including phenoxy) is 2. The van der Waals surface area contributed by atoms with E-state index in [9.17, 15) is 5.11 Å². The van der Waals surface area contributed by atoms with Crippen molar-refractivity contribution in [3.63, 3.8) is 0 Å². The van der Waals surface area contributed by atoms with Gasteiger partial charge in [0.25, 0.3) is 0 Å². The van der Waals surface area contributed by atoms with Crippen molar-refractivity contribution < 1.29 is 14.6 Å². The van der Waals surface area contributed by atoms with Gasteiger partial charge in [-0.3, -0.25) is 4.90 Å². The van der Waals surface area contributed by atoms with Gasteiger partial charge in [0.15, 0.2) is 0 Å². The largest absolute Gasteiger partial charge is 0.497 e. The number of benzene rings is 1. The molecule has 0 bridgehead atoms. The second-order valence-corrected chi connectivity index (χ2v) is 6.36. The van der Waals surface area contributed by atoms with E-state index in [-0.39, 0.29) is 5.60 Å². The highest BCUT2D eigenvalue weighted by Crippen LogP contribution is 2.46. The summed E-state index contributed by atoms with van der Waals surface area (Å²) in [6.45, 7) is 2.04. The van der Waals surface area contributed by atoms with Crippen LogP contribution in [0.5, 0.6) is 11.5 Å². The quantitative estimate of drug-likeness (QED) is 0.897. The number of nitrogens with zero attached hydrogens (tertiary/aromatic N) is 1. The topological polar surface area (TPSA) is 41.9 Å². The van der Waals surface area contributed by atoms with Gasteiger partial charge >= 0.3 is 0 Å². The average Bonchev–Trinajstić information content (AvgIpc) is 3.22. The summed E-state index contributed by atoms with van der Waals surface area (Å²) in [6.07, 6.45) is 3.93. The van der Waals surface area contributed by atoms with Crippen LogP contribution in [-0.2, 0) is 0 Å². The third kappa shape index (κ3) is 1.98. The first-order chi connectivity index (χ1) is 9.69. The highest BCUT2D eigenvalue weighted by atomic mass is 16.5. The Labute approximate surface area is 119 Å². The van der Waals surface area contributed by atoms with Crippen LogP contribution in [0.15, 0.2) is 18.2 Å². The van der Waals surface area contributed by atoms with Crippen LogP contribution in [0.2, 0.25) is 0 Å². The Morgan fingerprint density at radius 3 is 3.00 bits per heavy atom. The molecule has 1 saturated carbocycles. The number of rotatable bonds is 2. The molecule has 0 aromatic heterocycles. The molecule has 1 aromatic rings. The molecule has 1 unspecified atom stereocenters. The first kappa shape index (κ1) is 12.5. The molecule has 4 heteroatoms. The van der Waals surface area contributed by atoms with E-state index >= 15 is 0 Å². The van der Waals surface area contributed by atoms with Gasteiger partial charge < -0.3 is 14.6 Å². The average molecular weight is 275 g/mol. The van der Waals surface area contributed by atoms with E-state index in [1.54, 1.807) is 7.11 Å². The van der Waals surface area contributed by atoms with Crippen LogP contribution in [-0.4, -0.2) is 41.8 Å². The van der Waals surface area contributed by atoms with Crippen molar-refractivity contribution in [2.24, 2.45) is 0 Å². The molecule has 0 radical (unpaired) electrons. The normalized spacial score (nSPS) is 33.0. The molecule has 1 saturated heterocycles. The van der Waals surface area contributed by atoms with Crippen molar-refractivity contribution in [2.75, 3.05) is 20.2 Å². The number of likely N-dealkylation sites (tertiary alicyclic amines) is 1. The molecule has 20 heavy (non-hydrogen) atoms. The molecule has 1 aromatic carbocycles. The molecule has 2 heterocycles. The molecule has 108 valence electrons. The van der Waals surface area contributed by atoms with Gasteiger partial charge in [0.2, 0.25) is 0 Å². The number of aliphatic hydroxyl groups is 1. The predicted molar refractivity (Wildman–Crippen MR) is 75.1 cm³/mol. The van der Waals surface area contributed by atoms with Crippen LogP contribution < -0.4 is 9.47 Å². The van der Waals surface area contributed by atoms with Gasteiger partial charge in [-0.2, -0.15) is 0 Å². The minimum Gasteiger partial charge on any atom is -0.497 e. The van der Waals surface area contributed by atoms with E-state index in [1.807, 2.05) is 18.2 Å². The Morgan fingerprint density at radius 2 is 2.25 bits per heavy atom. The Balaban J connectivity index is 1.62. The maximum atomic E-state index is 10.5. The van der Waals surface area contributed by atoms with Crippen molar-refractivity contribution in [2.45, 2.75) is 43.4 Å². The van der Waals surface area contributed by atoms with Crippen molar-refractivity contribution in [3.05, 3.63) is 23.8 Å². The third-order valence-corrected chi connectivity index (χ3v) is 4.88. The molecule has 1 N–H and O–H groups in total. The summed E-state index contributed by atoms with van der Waals surface area (Å²) in [5, 5.41) is 10.5. The summed E-state index contributed by atoms with van der Waals surface area (Å²) in [7, 11) is 1.65. The molecule has 1 spiro atoms. The molecule has 2 aliphatic heterocycles. The highest BCUT2D eigenvalue weighted by Gasteiger charge is 2.48. The van der Waals surface area contributed by atoms with E-state index in [0.29, 0.717) is 6.42 Å². The molecule has 2 atom stereocenters. The fraction of sp³-hybridized carbons (Fsp3) is 0.625. The fourth-order valence-electron chi connectivity index (χ4n) is 3.62. The molecule has 2 fully saturated rings. The number of methoxy groups -OCH3 is 1. The van der Waals surface area contributed by atoms with Gasteiger partial charge in [-0.15, -0.1) is 0 Å². The standard InChI is InChI=1S/C16H21NO3/c1-19-12-4-5-13-14(18)9-16(20-15(13)8-12)6-7-17(10-16)11-2-3-11/h4-5,8,11,14,18H,2-3,6-7,9-10H2,1H3/t14-,16?/m1/s1. The van der Waals surface area contributed by atoms with Gasteiger partial charge in [0.1, 0.15) is 17.1 Å². The maximum absolute atomic E-state index is 10.5. The first-order valence-corrected chi connectivity index (χ1v) is 7.48. The lowest BCUT2D eigenvalue weighted by atomic mass is 9.88. The second kappa shape index (κ2) is 4.37. The number of aliphatic hydroxyl groups excluding tert-OH is 1. The van der Waals surface area contributed by atoms with E-state index in [1.165, 1.54) is 12.8 Å². The van der Waals surface area contributed by atoms with Crippen LogP contribution >= 0.6 is 0 Å². The maximum Gasteiger partial charge on any atom is 0.129 e. The van der Waals surface area contributed by atoms with Crippen molar-refractivity contribution >= 4 is 0 Å². The molecular formula is C16H21NO3. The van der Waals surface area contributed by atoms with E-state index < -0.39 is 6.10 Å².